The van der Waals surface area contributed by atoms with Gasteiger partial charge in [0, 0.05) is 29.7 Å². The Balaban J connectivity index is 1.67. The number of aromatic nitrogens is 2. The minimum Gasteiger partial charge on any atom is -0.340 e. The van der Waals surface area contributed by atoms with E-state index in [9.17, 15) is 26.3 Å². The summed E-state index contributed by atoms with van der Waals surface area (Å²) in [6, 6.07) is 12.9. The molecule has 0 aliphatic heterocycles. The summed E-state index contributed by atoms with van der Waals surface area (Å²) in [5, 5.41) is 4.25. The first kappa shape index (κ1) is 22.6. The van der Waals surface area contributed by atoms with Crippen LogP contribution in [-0.2, 0) is 25.2 Å². The molecule has 0 spiro atoms. The minimum atomic E-state index is -5.16. The zero-order valence-corrected chi connectivity index (χ0v) is 17.0. The Kier molecular flexibility index (Phi) is 5.97. The lowest BCUT2D eigenvalue weighted by Gasteiger charge is -2.18. The van der Waals surface area contributed by atoms with Gasteiger partial charge in [-0.25, -0.2) is 4.98 Å². The molecule has 33 heavy (non-hydrogen) atoms. The average Bonchev–Trinajstić information content (AvgIpc) is 2.78. The highest BCUT2D eigenvalue weighted by Gasteiger charge is 2.43. The van der Waals surface area contributed by atoms with Crippen LogP contribution in [0.3, 0.4) is 0 Å². The summed E-state index contributed by atoms with van der Waals surface area (Å²) in [7, 11) is 0. The second-order valence-corrected chi connectivity index (χ2v) is 7.42. The molecule has 2 aromatic carbocycles. The Labute approximate surface area is 185 Å². The second kappa shape index (κ2) is 8.73. The van der Waals surface area contributed by atoms with Gasteiger partial charge in [-0.1, -0.05) is 30.3 Å². The van der Waals surface area contributed by atoms with E-state index in [0.717, 1.165) is 29.0 Å². The van der Waals surface area contributed by atoms with Crippen molar-refractivity contribution in [2.45, 2.75) is 25.2 Å². The van der Waals surface area contributed by atoms with Crippen molar-refractivity contribution in [2.24, 2.45) is 0 Å². The highest BCUT2D eigenvalue weighted by Crippen LogP contribution is 2.42. The van der Waals surface area contributed by atoms with Crippen molar-refractivity contribution in [2.75, 3.05) is 5.32 Å². The maximum Gasteiger partial charge on any atom is 0.417 e. The average molecular weight is 461 g/mol. The number of halogens is 6. The normalized spacial score (nSPS) is 12.2. The number of nitrogens with zero attached hydrogens (tertiary/aromatic N) is 2. The summed E-state index contributed by atoms with van der Waals surface area (Å²) < 4.78 is 79.0. The van der Waals surface area contributed by atoms with Gasteiger partial charge < -0.3 is 5.32 Å². The lowest BCUT2D eigenvalue weighted by atomic mass is 10.0. The van der Waals surface area contributed by atoms with E-state index in [0.29, 0.717) is 23.9 Å². The highest BCUT2D eigenvalue weighted by atomic mass is 19.4. The van der Waals surface area contributed by atoms with Gasteiger partial charge in [-0.3, -0.25) is 4.98 Å². The number of pyridine rings is 2. The first-order chi connectivity index (χ1) is 15.6. The predicted octanol–water partition coefficient (Wildman–Crippen LogP) is 7.20. The second-order valence-electron chi connectivity index (χ2n) is 7.42. The van der Waals surface area contributed by atoms with Crippen molar-refractivity contribution < 1.29 is 26.3 Å². The van der Waals surface area contributed by atoms with Crippen molar-refractivity contribution in [3.05, 3.63) is 95.4 Å². The Morgan fingerprint density at radius 3 is 2.12 bits per heavy atom. The summed E-state index contributed by atoms with van der Waals surface area (Å²) in [6.07, 6.45) is -3.81. The number of benzene rings is 2. The number of anilines is 2. The van der Waals surface area contributed by atoms with E-state index in [4.69, 9.17) is 0 Å². The minimum absolute atomic E-state index is 0.143. The molecule has 2 heterocycles. The molecule has 0 saturated carbocycles. The van der Waals surface area contributed by atoms with Crippen LogP contribution in [0.5, 0.6) is 0 Å². The Morgan fingerprint density at radius 2 is 1.45 bits per heavy atom. The Bertz CT molecular complexity index is 1270. The van der Waals surface area contributed by atoms with Crippen LogP contribution in [-0.4, -0.2) is 9.97 Å². The van der Waals surface area contributed by atoms with Gasteiger partial charge in [0.2, 0.25) is 0 Å². The first-order valence-electron chi connectivity index (χ1n) is 9.94. The van der Waals surface area contributed by atoms with Gasteiger partial charge >= 0.3 is 12.4 Å². The molecule has 0 fully saturated rings. The first-order valence-corrected chi connectivity index (χ1v) is 9.94. The third-order valence-corrected chi connectivity index (χ3v) is 5.18. The van der Waals surface area contributed by atoms with E-state index in [-0.39, 0.29) is 11.5 Å². The lowest BCUT2D eigenvalue weighted by molar-refractivity contribution is -0.162. The summed E-state index contributed by atoms with van der Waals surface area (Å²) in [6.45, 7) is 0. The summed E-state index contributed by atoms with van der Waals surface area (Å²) >= 11 is 0. The van der Waals surface area contributed by atoms with Crippen molar-refractivity contribution in [3.63, 3.8) is 0 Å². The SMILES string of the molecule is FC(F)(F)c1ccc(Nc2ncc(CCc3cccnc3)c3ccccc23)cc1C(F)(F)F. The zero-order valence-electron chi connectivity index (χ0n) is 17.0. The van der Waals surface area contributed by atoms with Gasteiger partial charge in [-0.05, 0) is 53.6 Å². The van der Waals surface area contributed by atoms with Crippen LogP contribution in [0, 0.1) is 0 Å². The molecule has 2 aromatic heterocycles. The lowest BCUT2D eigenvalue weighted by Crippen LogP contribution is -2.16. The van der Waals surface area contributed by atoms with Gasteiger partial charge in [0.05, 0.1) is 11.1 Å². The molecular formula is C24H17F6N3. The largest absolute Gasteiger partial charge is 0.417 e. The fourth-order valence-corrected chi connectivity index (χ4v) is 3.62. The smallest absolute Gasteiger partial charge is 0.340 e. The molecule has 4 aromatic rings. The van der Waals surface area contributed by atoms with Crippen molar-refractivity contribution in [1.82, 2.24) is 9.97 Å². The van der Waals surface area contributed by atoms with Crippen LogP contribution in [0.25, 0.3) is 10.8 Å². The van der Waals surface area contributed by atoms with Crippen LogP contribution in [0.1, 0.15) is 22.3 Å². The van der Waals surface area contributed by atoms with Crippen LogP contribution in [0.4, 0.5) is 37.8 Å². The number of aryl methyl sites for hydroxylation is 2. The maximum absolute atomic E-state index is 13.3. The van der Waals surface area contributed by atoms with Crippen molar-refractivity contribution in [3.8, 4) is 0 Å². The van der Waals surface area contributed by atoms with Gasteiger partial charge in [0.25, 0.3) is 0 Å². The summed E-state index contributed by atoms with van der Waals surface area (Å²) in [5.74, 6) is 0.253. The molecule has 0 radical (unpaired) electrons. The molecule has 0 saturated heterocycles. The number of nitrogens with one attached hydrogen (secondary N) is 1. The number of rotatable bonds is 5. The molecule has 1 N–H and O–H groups in total. The number of alkyl halides is 6. The van der Waals surface area contributed by atoms with E-state index >= 15 is 0 Å². The maximum atomic E-state index is 13.3. The van der Waals surface area contributed by atoms with Crippen molar-refractivity contribution >= 4 is 22.3 Å². The molecule has 0 amide bonds. The van der Waals surface area contributed by atoms with Gasteiger partial charge in [0.1, 0.15) is 5.82 Å². The third-order valence-electron chi connectivity index (χ3n) is 5.18. The standard InChI is InChI=1S/C24H17F6N3/c25-23(26,27)20-10-9-17(12-21(20)24(28,29)30)33-22-19-6-2-1-5-18(19)16(14-32-22)8-7-15-4-3-11-31-13-15/h1-6,9-14H,7-8H2,(H,32,33). The molecule has 170 valence electrons. The van der Waals surface area contributed by atoms with Crippen LogP contribution in [0.2, 0.25) is 0 Å². The van der Waals surface area contributed by atoms with E-state index in [1.807, 2.05) is 24.3 Å². The van der Waals surface area contributed by atoms with Crippen LogP contribution in [0.15, 0.2) is 73.2 Å². The summed E-state index contributed by atoms with van der Waals surface area (Å²) in [4.78, 5) is 8.44. The number of hydrogen-bond donors (Lipinski definition) is 1. The number of hydrogen-bond acceptors (Lipinski definition) is 3. The van der Waals surface area contributed by atoms with E-state index in [1.54, 1.807) is 30.7 Å². The van der Waals surface area contributed by atoms with Crippen LogP contribution < -0.4 is 5.32 Å². The monoisotopic (exact) mass is 461 g/mol. The van der Waals surface area contributed by atoms with E-state index < -0.39 is 23.5 Å². The molecule has 0 unspecified atom stereocenters. The zero-order chi connectivity index (χ0) is 23.6. The molecule has 0 bridgehead atoms. The molecule has 3 nitrogen and oxygen atoms in total. The third kappa shape index (κ3) is 5.08. The van der Waals surface area contributed by atoms with Gasteiger partial charge in [-0.2, -0.15) is 26.3 Å². The van der Waals surface area contributed by atoms with E-state index in [1.165, 1.54) is 0 Å². The predicted molar refractivity (Wildman–Crippen MR) is 113 cm³/mol. The highest BCUT2D eigenvalue weighted by molar-refractivity contribution is 5.95. The molecule has 9 heteroatoms. The van der Waals surface area contributed by atoms with Crippen molar-refractivity contribution in [1.29, 1.82) is 0 Å². The molecule has 0 aliphatic carbocycles. The summed E-state index contributed by atoms with van der Waals surface area (Å²) in [5.41, 5.74) is -1.64. The molecule has 0 aliphatic rings. The fourth-order valence-electron chi connectivity index (χ4n) is 3.62. The molecule has 0 atom stereocenters. The Hall–Kier alpha value is -3.62. The van der Waals surface area contributed by atoms with Gasteiger partial charge in [0.15, 0.2) is 0 Å². The van der Waals surface area contributed by atoms with E-state index in [2.05, 4.69) is 15.3 Å². The number of fused-ring (bicyclic) bond motifs is 1. The quantitative estimate of drug-likeness (QED) is 0.320. The fraction of sp³-hybridized carbons (Fsp3) is 0.167. The topological polar surface area (TPSA) is 37.8 Å². The van der Waals surface area contributed by atoms with Gasteiger partial charge in [-0.15, -0.1) is 0 Å². The Morgan fingerprint density at radius 1 is 0.727 bits per heavy atom. The molecular weight excluding hydrogens is 444 g/mol. The van der Waals surface area contributed by atoms with Crippen LogP contribution >= 0.6 is 0 Å². The molecule has 4 rings (SSSR count).